The van der Waals surface area contributed by atoms with E-state index in [9.17, 15) is 4.79 Å². The first-order chi connectivity index (χ1) is 13.2. The van der Waals surface area contributed by atoms with E-state index in [1.54, 1.807) is 6.20 Å². The van der Waals surface area contributed by atoms with Gasteiger partial charge in [-0.25, -0.2) is 4.99 Å². The van der Waals surface area contributed by atoms with Gasteiger partial charge in [0.1, 0.15) is 0 Å². The Labute approximate surface area is 184 Å². The number of nitrogens with zero attached hydrogens (tertiary/aromatic N) is 3. The number of hydrogen-bond acceptors (Lipinski definition) is 4. The zero-order chi connectivity index (χ0) is 19.3. The molecular formula is C20H30IN5O2. The number of guanidine groups is 1. The average Bonchev–Trinajstić information content (AvgIpc) is 3.17. The fraction of sp³-hybridized carbons (Fsp3) is 0.450. The van der Waals surface area contributed by atoms with Gasteiger partial charge in [-0.15, -0.1) is 24.0 Å². The summed E-state index contributed by atoms with van der Waals surface area (Å²) in [5, 5.41) is 10.8. The molecule has 0 aliphatic heterocycles. The van der Waals surface area contributed by atoms with Gasteiger partial charge >= 0.3 is 5.97 Å². The van der Waals surface area contributed by atoms with E-state index >= 15 is 0 Å². The van der Waals surface area contributed by atoms with Gasteiger partial charge in [-0.2, -0.15) is 5.10 Å². The van der Waals surface area contributed by atoms with Gasteiger partial charge in [0, 0.05) is 31.9 Å². The van der Waals surface area contributed by atoms with E-state index < -0.39 is 0 Å². The number of benzene rings is 1. The van der Waals surface area contributed by atoms with Crippen LogP contribution in [0.25, 0.3) is 0 Å². The molecule has 1 aromatic carbocycles. The summed E-state index contributed by atoms with van der Waals surface area (Å²) in [7, 11) is 0. The Hall–Kier alpha value is -2.10. The molecule has 0 spiro atoms. The van der Waals surface area contributed by atoms with Crippen molar-refractivity contribution < 1.29 is 9.53 Å². The first kappa shape index (κ1) is 23.9. The number of esters is 1. The third-order valence-corrected chi connectivity index (χ3v) is 3.92. The molecule has 0 unspecified atom stereocenters. The summed E-state index contributed by atoms with van der Waals surface area (Å²) >= 11 is 0. The minimum Gasteiger partial charge on any atom is -0.466 e. The van der Waals surface area contributed by atoms with Crippen molar-refractivity contribution in [2.24, 2.45) is 4.99 Å². The van der Waals surface area contributed by atoms with E-state index in [1.165, 1.54) is 5.56 Å². The van der Waals surface area contributed by atoms with E-state index in [1.807, 2.05) is 42.9 Å². The maximum absolute atomic E-state index is 11.4. The highest BCUT2D eigenvalue weighted by Gasteiger charge is 2.05. The fourth-order valence-electron chi connectivity index (χ4n) is 2.61. The summed E-state index contributed by atoms with van der Waals surface area (Å²) in [5.74, 6) is 0.587. The molecule has 0 radical (unpaired) electrons. The van der Waals surface area contributed by atoms with Crippen molar-refractivity contribution in [3.05, 3.63) is 53.9 Å². The molecule has 0 aliphatic rings. The van der Waals surface area contributed by atoms with Crippen LogP contribution in [-0.4, -0.2) is 41.4 Å². The summed E-state index contributed by atoms with van der Waals surface area (Å²) in [6, 6.07) is 10.2. The lowest BCUT2D eigenvalue weighted by molar-refractivity contribution is -0.143. The molecular weight excluding hydrogens is 469 g/mol. The van der Waals surface area contributed by atoms with E-state index in [4.69, 9.17) is 4.74 Å². The maximum Gasteiger partial charge on any atom is 0.305 e. The van der Waals surface area contributed by atoms with Gasteiger partial charge < -0.3 is 15.4 Å². The SMILES string of the molecule is CCNC(=NCc1ccccc1Cn1cccn1)NCCCC(=O)OCC.I. The summed E-state index contributed by atoms with van der Waals surface area (Å²) in [6.07, 6.45) is 4.85. The van der Waals surface area contributed by atoms with Gasteiger partial charge in [0.15, 0.2) is 5.96 Å². The Morgan fingerprint density at radius 1 is 1.18 bits per heavy atom. The van der Waals surface area contributed by atoms with Gasteiger partial charge in [-0.1, -0.05) is 24.3 Å². The topological polar surface area (TPSA) is 80.5 Å². The van der Waals surface area contributed by atoms with Crippen LogP contribution in [-0.2, 0) is 22.6 Å². The lowest BCUT2D eigenvalue weighted by atomic mass is 10.1. The molecule has 8 heteroatoms. The van der Waals surface area contributed by atoms with Crippen LogP contribution in [0.1, 0.15) is 37.8 Å². The van der Waals surface area contributed by atoms with Crippen molar-refractivity contribution in [3.8, 4) is 0 Å². The van der Waals surface area contributed by atoms with Crippen LogP contribution >= 0.6 is 24.0 Å². The highest BCUT2D eigenvalue weighted by Crippen LogP contribution is 2.11. The number of ether oxygens (including phenoxy) is 1. The fourth-order valence-corrected chi connectivity index (χ4v) is 2.61. The van der Waals surface area contributed by atoms with E-state index in [0.717, 1.165) is 24.6 Å². The van der Waals surface area contributed by atoms with Crippen molar-refractivity contribution in [2.45, 2.75) is 39.8 Å². The standard InChI is InChI=1S/C20H29N5O2.HI/c1-3-21-20(22-12-7-11-19(26)27-4-2)23-15-17-9-5-6-10-18(17)16-25-14-8-13-24-25;/h5-6,8-10,13-14H,3-4,7,11-12,15-16H2,1-2H3,(H2,21,22,23);1H. The predicted octanol–water partition coefficient (Wildman–Crippen LogP) is 2.95. The number of halogens is 1. The summed E-state index contributed by atoms with van der Waals surface area (Å²) in [6.45, 7) is 7.01. The molecule has 0 aliphatic carbocycles. The smallest absolute Gasteiger partial charge is 0.305 e. The number of carbonyl (C=O) groups excluding carboxylic acids is 1. The van der Waals surface area contributed by atoms with E-state index in [-0.39, 0.29) is 29.9 Å². The van der Waals surface area contributed by atoms with Crippen LogP contribution in [0, 0.1) is 0 Å². The van der Waals surface area contributed by atoms with Crippen LogP contribution in [0.3, 0.4) is 0 Å². The van der Waals surface area contributed by atoms with Gasteiger partial charge in [0.25, 0.3) is 0 Å². The number of carbonyl (C=O) groups is 1. The zero-order valence-corrected chi connectivity index (χ0v) is 18.9. The Kier molecular flexibility index (Phi) is 11.9. The first-order valence-corrected chi connectivity index (χ1v) is 9.45. The quantitative estimate of drug-likeness (QED) is 0.173. The Bertz CT molecular complexity index is 719. The monoisotopic (exact) mass is 499 g/mol. The molecule has 154 valence electrons. The van der Waals surface area contributed by atoms with Crippen molar-refractivity contribution in [1.82, 2.24) is 20.4 Å². The Morgan fingerprint density at radius 3 is 2.64 bits per heavy atom. The van der Waals surface area contributed by atoms with Crippen LogP contribution in [0.2, 0.25) is 0 Å². The van der Waals surface area contributed by atoms with Crippen LogP contribution in [0.5, 0.6) is 0 Å². The summed E-state index contributed by atoms with van der Waals surface area (Å²) < 4.78 is 6.84. The summed E-state index contributed by atoms with van der Waals surface area (Å²) in [5.41, 5.74) is 2.36. The zero-order valence-electron chi connectivity index (χ0n) is 16.6. The molecule has 0 atom stereocenters. The molecule has 28 heavy (non-hydrogen) atoms. The van der Waals surface area contributed by atoms with Crippen molar-refractivity contribution in [1.29, 1.82) is 0 Å². The summed E-state index contributed by atoms with van der Waals surface area (Å²) in [4.78, 5) is 16.1. The molecule has 0 fully saturated rings. The Balaban J connectivity index is 0.00000392. The van der Waals surface area contributed by atoms with Crippen LogP contribution in [0.15, 0.2) is 47.7 Å². The number of aromatic nitrogens is 2. The second-order valence-corrected chi connectivity index (χ2v) is 6.00. The molecule has 2 N–H and O–H groups in total. The number of hydrogen-bond donors (Lipinski definition) is 2. The minimum atomic E-state index is -0.159. The molecule has 0 amide bonds. The molecule has 2 aromatic rings. The largest absolute Gasteiger partial charge is 0.466 e. The van der Waals surface area contributed by atoms with Gasteiger partial charge in [-0.3, -0.25) is 9.48 Å². The van der Waals surface area contributed by atoms with Crippen molar-refractivity contribution >= 4 is 35.9 Å². The highest BCUT2D eigenvalue weighted by molar-refractivity contribution is 14.0. The van der Waals surface area contributed by atoms with Crippen molar-refractivity contribution in [2.75, 3.05) is 19.7 Å². The second kappa shape index (κ2) is 14.0. The minimum absolute atomic E-state index is 0. The second-order valence-electron chi connectivity index (χ2n) is 6.00. The predicted molar refractivity (Wildman–Crippen MR) is 122 cm³/mol. The number of aliphatic imine (C=N–C) groups is 1. The molecule has 7 nitrogen and oxygen atoms in total. The number of rotatable bonds is 10. The highest BCUT2D eigenvalue weighted by atomic mass is 127. The molecule has 2 rings (SSSR count). The van der Waals surface area contributed by atoms with E-state index in [2.05, 4.69) is 32.9 Å². The van der Waals surface area contributed by atoms with Crippen molar-refractivity contribution in [3.63, 3.8) is 0 Å². The molecule has 1 aromatic heterocycles. The lowest BCUT2D eigenvalue weighted by Gasteiger charge is -2.12. The average molecular weight is 499 g/mol. The maximum atomic E-state index is 11.4. The third kappa shape index (κ3) is 8.73. The number of nitrogens with one attached hydrogen (secondary N) is 2. The third-order valence-electron chi connectivity index (χ3n) is 3.92. The van der Waals surface area contributed by atoms with Crippen LogP contribution < -0.4 is 10.6 Å². The first-order valence-electron chi connectivity index (χ1n) is 9.45. The van der Waals surface area contributed by atoms with Gasteiger partial charge in [0.2, 0.25) is 0 Å². The van der Waals surface area contributed by atoms with Crippen LogP contribution in [0.4, 0.5) is 0 Å². The molecule has 0 bridgehead atoms. The van der Waals surface area contributed by atoms with E-state index in [0.29, 0.717) is 32.5 Å². The lowest BCUT2D eigenvalue weighted by Crippen LogP contribution is -2.37. The molecule has 1 heterocycles. The molecule has 0 saturated heterocycles. The Morgan fingerprint density at radius 2 is 1.96 bits per heavy atom. The van der Waals surface area contributed by atoms with Gasteiger partial charge in [0.05, 0.1) is 19.7 Å². The molecule has 0 saturated carbocycles. The normalized spacial score (nSPS) is 10.9. The van der Waals surface area contributed by atoms with Gasteiger partial charge in [-0.05, 0) is 37.5 Å².